The molecule has 0 bridgehead atoms. The Hall–Kier alpha value is -1.40. The zero-order valence-electron chi connectivity index (χ0n) is 10.9. The summed E-state index contributed by atoms with van der Waals surface area (Å²) in [7, 11) is 3.02. The van der Waals surface area contributed by atoms with Gasteiger partial charge in [-0.15, -0.1) is 0 Å². The molecule has 1 N–H and O–H groups in total. The normalized spacial score (nSPS) is 12.5. The molecule has 1 aromatic rings. The van der Waals surface area contributed by atoms with Crippen molar-refractivity contribution in [1.29, 1.82) is 0 Å². The number of benzene rings is 1. The Morgan fingerprint density at radius 2 is 1.84 bits per heavy atom. The highest BCUT2D eigenvalue weighted by Crippen LogP contribution is 2.30. The zero-order valence-corrected chi connectivity index (χ0v) is 10.9. The molecule has 0 aliphatic heterocycles. The van der Waals surface area contributed by atoms with Gasteiger partial charge in [0.25, 0.3) is 6.43 Å². The Morgan fingerprint density at radius 3 is 2.42 bits per heavy atom. The van der Waals surface area contributed by atoms with Crippen molar-refractivity contribution in [3.8, 4) is 11.5 Å². The van der Waals surface area contributed by atoms with Crippen molar-refractivity contribution in [2.45, 2.75) is 19.0 Å². The molecule has 4 nitrogen and oxygen atoms in total. The number of aliphatic hydroxyl groups is 1. The first-order valence-electron chi connectivity index (χ1n) is 5.84. The fourth-order valence-corrected chi connectivity index (χ4v) is 1.59. The van der Waals surface area contributed by atoms with E-state index in [0.717, 1.165) is 0 Å². The van der Waals surface area contributed by atoms with Crippen LogP contribution in [0.15, 0.2) is 18.2 Å². The van der Waals surface area contributed by atoms with E-state index in [-0.39, 0.29) is 13.0 Å². The first-order chi connectivity index (χ1) is 9.08. The van der Waals surface area contributed by atoms with Crippen molar-refractivity contribution in [2.75, 3.05) is 27.4 Å². The maximum absolute atomic E-state index is 11.8. The zero-order chi connectivity index (χ0) is 14.3. The van der Waals surface area contributed by atoms with Crippen LogP contribution in [0, 0.1) is 0 Å². The molecular formula is C13H18F2O4. The van der Waals surface area contributed by atoms with Gasteiger partial charge in [0.15, 0.2) is 11.5 Å². The van der Waals surface area contributed by atoms with Gasteiger partial charge in [0.1, 0.15) is 6.61 Å². The Bertz CT molecular complexity index is 385. The molecule has 0 saturated carbocycles. The molecule has 0 spiro atoms. The van der Waals surface area contributed by atoms with Crippen LogP contribution >= 0.6 is 0 Å². The summed E-state index contributed by atoms with van der Waals surface area (Å²) in [6.45, 7) is -0.543. The molecule has 0 aliphatic rings. The molecule has 0 saturated heterocycles. The molecule has 0 aliphatic carbocycles. The van der Waals surface area contributed by atoms with E-state index in [1.165, 1.54) is 14.2 Å². The Kier molecular flexibility index (Phi) is 6.52. The van der Waals surface area contributed by atoms with Gasteiger partial charge in [-0.05, 0) is 17.7 Å². The van der Waals surface area contributed by atoms with Crippen LogP contribution in [-0.4, -0.2) is 39.0 Å². The van der Waals surface area contributed by atoms with Gasteiger partial charge < -0.3 is 19.3 Å². The van der Waals surface area contributed by atoms with Crippen molar-refractivity contribution < 1.29 is 28.1 Å². The van der Waals surface area contributed by atoms with Crippen LogP contribution in [0.5, 0.6) is 11.5 Å². The predicted octanol–water partition coefficient (Wildman–Crippen LogP) is 2.41. The summed E-state index contributed by atoms with van der Waals surface area (Å²) in [4.78, 5) is 0. The third-order valence-electron chi connectivity index (χ3n) is 2.57. The Morgan fingerprint density at radius 1 is 1.16 bits per heavy atom. The lowest BCUT2D eigenvalue weighted by Crippen LogP contribution is -2.08. The van der Waals surface area contributed by atoms with Crippen molar-refractivity contribution in [3.63, 3.8) is 0 Å². The molecule has 0 heterocycles. The van der Waals surface area contributed by atoms with Crippen molar-refractivity contribution in [1.82, 2.24) is 0 Å². The van der Waals surface area contributed by atoms with Gasteiger partial charge in [-0.25, -0.2) is 8.78 Å². The summed E-state index contributed by atoms with van der Waals surface area (Å²) >= 11 is 0. The lowest BCUT2D eigenvalue weighted by atomic mass is 10.1. The van der Waals surface area contributed by atoms with Gasteiger partial charge in [-0.1, -0.05) is 6.07 Å². The number of alkyl halides is 2. The fraction of sp³-hybridized carbons (Fsp3) is 0.538. The molecule has 1 aromatic carbocycles. The molecule has 0 fully saturated rings. The van der Waals surface area contributed by atoms with E-state index in [1.54, 1.807) is 18.2 Å². The summed E-state index contributed by atoms with van der Waals surface area (Å²) in [6.07, 6.45) is -3.04. The summed E-state index contributed by atoms with van der Waals surface area (Å²) in [5.74, 6) is 1.07. The first-order valence-corrected chi connectivity index (χ1v) is 5.84. The largest absolute Gasteiger partial charge is 0.493 e. The number of halogens is 2. The maximum Gasteiger partial charge on any atom is 0.261 e. The van der Waals surface area contributed by atoms with Gasteiger partial charge in [0, 0.05) is 13.0 Å². The molecule has 19 heavy (non-hydrogen) atoms. The van der Waals surface area contributed by atoms with Crippen LogP contribution in [-0.2, 0) is 4.74 Å². The molecule has 0 amide bonds. The fourth-order valence-electron chi connectivity index (χ4n) is 1.59. The van der Waals surface area contributed by atoms with Gasteiger partial charge in [0.2, 0.25) is 0 Å². The summed E-state index contributed by atoms with van der Waals surface area (Å²) < 4.78 is 38.6. The quantitative estimate of drug-likeness (QED) is 0.741. The number of aliphatic hydroxyl groups excluding tert-OH is 1. The summed E-state index contributed by atoms with van der Waals surface area (Å²) in [5.41, 5.74) is 0.623. The Labute approximate surface area is 110 Å². The average molecular weight is 276 g/mol. The topological polar surface area (TPSA) is 47.9 Å². The van der Waals surface area contributed by atoms with Crippen LogP contribution < -0.4 is 9.47 Å². The minimum Gasteiger partial charge on any atom is -0.493 e. The molecule has 1 unspecified atom stereocenters. The van der Waals surface area contributed by atoms with Gasteiger partial charge in [-0.2, -0.15) is 0 Å². The predicted molar refractivity (Wildman–Crippen MR) is 65.9 cm³/mol. The van der Waals surface area contributed by atoms with E-state index in [2.05, 4.69) is 0 Å². The molecular weight excluding hydrogens is 258 g/mol. The third-order valence-corrected chi connectivity index (χ3v) is 2.57. The van der Waals surface area contributed by atoms with E-state index in [1.807, 2.05) is 0 Å². The van der Waals surface area contributed by atoms with Crippen LogP contribution in [0.25, 0.3) is 0 Å². The number of hydrogen-bond acceptors (Lipinski definition) is 4. The minimum absolute atomic E-state index is 0.0693. The van der Waals surface area contributed by atoms with Crippen LogP contribution in [0.2, 0.25) is 0 Å². The number of ether oxygens (including phenoxy) is 3. The summed E-state index contributed by atoms with van der Waals surface area (Å²) in [5, 5.41) is 9.91. The van der Waals surface area contributed by atoms with Gasteiger partial charge in [-0.3, -0.25) is 0 Å². The highest BCUT2D eigenvalue weighted by molar-refractivity contribution is 5.43. The van der Waals surface area contributed by atoms with Crippen LogP contribution in [0.1, 0.15) is 18.1 Å². The second-order valence-corrected chi connectivity index (χ2v) is 3.88. The molecule has 108 valence electrons. The average Bonchev–Trinajstić information content (AvgIpc) is 2.42. The Balaban J connectivity index is 2.54. The number of methoxy groups -OCH3 is 2. The van der Waals surface area contributed by atoms with E-state index in [4.69, 9.17) is 14.2 Å². The highest BCUT2D eigenvalue weighted by atomic mass is 19.3. The SMILES string of the molecule is COc1ccc(C(O)CCOCC(F)F)cc1OC. The standard InChI is InChI=1S/C13H18F2O4/c1-17-11-4-3-9(7-12(11)18-2)10(16)5-6-19-8-13(14)15/h3-4,7,10,13,16H,5-6,8H2,1-2H3. The second-order valence-electron chi connectivity index (χ2n) is 3.88. The van der Waals surface area contributed by atoms with E-state index >= 15 is 0 Å². The van der Waals surface area contributed by atoms with Gasteiger partial charge in [0.05, 0.1) is 20.3 Å². The van der Waals surface area contributed by atoms with Gasteiger partial charge >= 0.3 is 0 Å². The second kappa shape index (κ2) is 7.91. The highest BCUT2D eigenvalue weighted by Gasteiger charge is 2.12. The molecule has 1 rings (SSSR count). The molecule has 1 atom stereocenters. The maximum atomic E-state index is 11.8. The molecule has 6 heteroatoms. The van der Waals surface area contributed by atoms with Crippen molar-refractivity contribution in [2.24, 2.45) is 0 Å². The lowest BCUT2D eigenvalue weighted by Gasteiger charge is -2.14. The third kappa shape index (κ3) is 5.00. The summed E-state index contributed by atoms with van der Waals surface area (Å²) in [6, 6.07) is 5.02. The van der Waals surface area contributed by atoms with E-state index < -0.39 is 19.1 Å². The number of rotatable bonds is 8. The van der Waals surface area contributed by atoms with E-state index in [9.17, 15) is 13.9 Å². The monoisotopic (exact) mass is 276 g/mol. The molecule has 0 radical (unpaired) electrons. The van der Waals surface area contributed by atoms with Crippen LogP contribution in [0.4, 0.5) is 8.78 Å². The van der Waals surface area contributed by atoms with Crippen molar-refractivity contribution in [3.05, 3.63) is 23.8 Å². The molecule has 0 aromatic heterocycles. The minimum atomic E-state index is -2.49. The lowest BCUT2D eigenvalue weighted by molar-refractivity contribution is 0.00479. The van der Waals surface area contributed by atoms with E-state index in [0.29, 0.717) is 17.1 Å². The van der Waals surface area contributed by atoms with Crippen molar-refractivity contribution >= 4 is 0 Å². The number of hydrogen-bond donors (Lipinski definition) is 1. The first kappa shape index (κ1) is 15.7. The smallest absolute Gasteiger partial charge is 0.261 e. The van der Waals surface area contributed by atoms with Crippen LogP contribution in [0.3, 0.4) is 0 Å².